The Morgan fingerprint density at radius 2 is 1.83 bits per heavy atom. The molecule has 1 amide bonds. The monoisotopic (exact) mass is 290 g/mol. The van der Waals surface area contributed by atoms with Gasteiger partial charge in [-0.2, -0.15) is 0 Å². The highest BCUT2D eigenvalue weighted by Crippen LogP contribution is 2.25. The summed E-state index contributed by atoms with van der Waals surface area (Å²) in [6, 6.07) is 0. The molecule has 1 rings (SSSR count). The molecule has 0 saturated heterocycles. The third kappa shape index (κ3) is 5.16. The highest BCUT2D eigenvalue weighted by Gasteiger charge is 2.13. The maximum absolute atomic E-state index is 11.7. The van der Waals surface area contributed by atoms with Gasteiger partial charge >= 0.3 is 0 Å². The number of anilines is 1. The van der Waals surface area contributed by atoms with Gasteiger partial charge in [0.25, 0.3) is 0 Å². The van der Waals surface area contributed by atoms with Crippen LogP contribution in [0.1, 0.15) is 27.2 Å². The topological polar surface area (TPSA) is 66.9 Å². The van der Waals surface area contributed by atoms with Gasteiger partial charge < -0.3 is 10.6 Å². The summed E-state index contributed by atoms with van der Waals surface area (Å²) in [4.78, 5) is 19.2. The van der Waals surface area contributed by atoms with Crippen LogP contribution in [-0.2, 0) is 4.79 Å². The second-order valence-corrected chi connectivity index (χ2v) is 5.52. The van der Waals surface area contributed by atoms with Gasteiger partial charge in [-0.25, -0.2) is 9.97 Å². The van der Waals surface area contributed by atoms with Gasteiger partial charge in [0.1, 0.15) is 12.0 Å². The van der Waals surface area contributed by atoms with Crippen molar-refractivity contribution in [3.63, 3.8) is 0 Å². The first-order valence-electron chi connectivity index (χ1n) is 5.50. The number of rotatable bonds is 4. The predicted octanol–water partition coefficient (Wildman–Crippen LogP) is 2.50. The number of amides is 1. The maximum atomic E-state index is 11.7. The molecule has 0 aliphatic rings. The Balaban J connectivity index is 2.50. The lowest BCUT2D eigenvalue weighted by atomic mass is 10.1. The zero-order valence-electron chi connectivity index (χ0n) is 10.6. The molecule has 1 aromatic rings. The number of carbonyl (C=O) groups excluding carboxylic acids is 1. The third-order valence-electron chi connectivity index (χ3n) is 2.03. The van der Waals surface area contributed by atoms with Gasteiger partial charge in [-0.1, -0.05) is 23.2 Å². The number of carbonyl (C=O) groups is 1. The summed E-state index contributed by atoms with van der Waals surface area (Å²) in [5, 5.41) is 6.07. The van der Waals surface area contributed by atoms with Gasteiger partial charge in [-0.05, 0) is 20.8 Å². The fourth-order valence-electron chi connectivity index (χ4n) is 1.20. The van der Waals surface area contributed by atoms with Gasteiger partial charge in [-0.15, -0.1) is 0 Å². The summed E-state index contributed by atoms with van der Waals surface area (Å²) in [5.74, 6) is -0.189. The molecule has 100 valence electrons. The minimum atomic E-state index is -0.189. The van der Waals surface area contributed by atoms with Crippen LogP contribution in [0.2, 0.25) is 10.3 Å². The SMILES string of the molecule is CC(C)(C)NCCC(=O)Nc1c(Cl)ncnc1Cl. The summed E-state index contributed by atoms with van der Waals surface area (Å²) >= 11 is 11.6. The molecular formula is C11H16Cl2N4O. The molecule has 0 spiro atoms. The second kappa shape index (κ2) is 6.31. The first kappa shape index (κ1) is 15.1. The van der Waals surface area contributed by atoms with Crippen LogP contribution in [0.5, 0.6) is 0 Å². The second-order valence-electron chi connectivity index (χ2n) is 4.81. The maximum Gasteiger partial charge on any atom is 0.225 e. The Morgan fingerprint density at radius 3 is 2.33 bits per heavy atom. The van der Waals surface area contributed by atoms with E-state index < -0.39 is 0 Å². The van der Waals surface area contributed by atoms with Crippen molar-refractivity contribution in [2.45, 2.75) is 32.7 Å². The van der Waals surface area contributed by atoms with Crippen molar-refractivity contribution in [3.8, 4) is 0 Å². The van der Waals surface area contributed by atoms with Crippen LogP contribution in [0.25, 0.3) is 0 Å². The first-order valence-corrected chi connectivity index (χ1v) is 6.26. The average molecular weight is 291 g/mol. The van der Waals surface area contributed by atoms with Gasteiger partial charge in [-0.3, -0.25) is 4.79 Å². The highest BCUT2D eigenvalue weighted by molar-refractivity contribution is 6.38. The number of halogens is 2. The van der Waals surface area contributed by atoms with Crippen LogP contribution < -0.4 is 10.6 Å². The fraction of sp³-hybridized carbons (Fsp3) is 0.545. The van der Waals surface area contributed by atoms with Crippen LogP contribution in [0.15, 0.2) is 6.33 Å². The molecule has 18 heavy (non-hydrogen) atoms. The predicted molar refractivity (Wildman–Crippen MR) is 73.1 cm³/mol. The van der Waals surface area contributed by atoms with Crippen LogP contribution in [0.4, 0.5) is 5.69 Å². The van der Waals surface area contributed by atoms with Crippen molar-refractivity contribution in [2.24, 2.45) is 0 Å². The Hall–Kier alpha value is -0.910. The Kier molecular flexibility index (Phi) is 5.31. The van der Waals surface area contributed by atoms with Crippen molar-refractivity contribution in [2.75, 3.05) is 11.9 Å². The molecule has 0 bridgehead atoms. The first-order chi connectivity index (χ1) is 8.29. The molecule has 0 aromatic carbocycles. The van der Waals surface area contributed by atoms with E-state index in [1.54, 1.807) is 0 Å². The van der Waals surface area contributed by atoms with Crippen LogP contribution in [0.3, 0.4) is 0 Å². The number of aromatic nitrogens is 2. The minimum absolute atomic E-state index is 0.0224. The van der Waals surface area contributed by atoms with E-state index in [4.69, 9.17) is 23.2 Å². The molecule has 0 fully saturated rings. The highest BCUT2D eigenvalue weighted by atomic mass is 35.5. The molecule has 0 saturated carbocycles. The smallest absolute Gasteiger partial charge is 0.225 e. The van der Waals surface area contributed by atoms with Crippen LogP contribution >= 0.6 is 23.2 Å². The molecular weight excluding hydrogens is 275 g/mol. The van der Waals surface area contributed by atoms with Gasteiger partial charge in [0.05, 0.1) is 0 Å². The van der Waals surface area contributed by atoms with E-state index in [0.717, 1.165) is 0 Å². The third-order valence-corrected chi connectivity index (χ3v) is 2.60. The summed E-state index contributed by atoms with van der Waals surface area (Å²) in [5.41, 5.74) is 0.229. The zero-order valence-corrected chi connectivity index (χ0v) is 12.1. The van der Waals surface area contributed by atoms with Gasteiger partial charge in [0, 0.05) is 18.5 Å². The Bertz CT molecular complexity index is 411. The van der Waals surface area contributed by atoms with E-state index in [0.29, 0.717) is 13.0 Å². The van der Waals surface area contributed by atoms with Crippen molar-refractivity contribution < 1.29 is 4.79 Å². The van der Waals surface area contributed by atoms with Crippen molar-refractivity contribution in [1.82, 2.24) is 15.3 Å². The molecule has 2 N–H and O–H groups in total. The fourth-order valence-corrected chi connectivity index (χ4v) is 1.61. The molecule has 0 aliphatic heterocycles. The number of nitrogens with one attached hydrogen (secondary N) is 2. The molecule has 1 heterocycles. The van der Waals surface area contributed by atoms with E-state index in [1.807, 2.05) is 20.8 Å². The van der Waals surface area contributed by atoms with E-state index in [-0.39, 0.29) is 27.4 Å². The minimum Gasteiger partial charge on any atom is -0.321 e. The van der Waals surface area contributed by atoms with Crippen molar-refractivity contribution in [3.05, 3.63) is 16.6 Å². The Morgan fingerprint density at radius 1 is 1.28 bits per heavy atom. The van der Waals surface area contributed by atoms with Crippen LogP contribution in [-0.4, -0.2) is 28.0 Å². The van der Waals surface area contributed by atoms with Crippen molar-refractivity contribution in [1.29, 1.82) is 0 Å². The lowest BCUT2D eigenvalue weighted by molar-refractivity contribution is -0.116. The normalized spacial score (nSPS) is 11.4. The summed E-state index contributed by atoms with van der Waals surface area (Å²) in [7, 11) is 0. The molecule has 5 nitrogen and oxygen atoms in total. The zero-order chi connectivity index (χ0) is 13.8. The molecule has 0 atom stereocenters. The average Bonchev–Trinajstić information content (AvgIpc) is 2.22. The number of hydrogen-bond acceptors (Lipinski definition) is 4. The number of hydrogen-bond donors (Lipinski definition) is 2. The van der Waals surface area contributed by atoms with Gasteiger partial charge in [0.2, 0.25) is 5.91 Å². The molecule has 7 heteroatoms. The molecule has 0 aliphatic carbocycles. The summed E-state index contributed by atoms with van der Waals surface area (Å²) < 4.78 is 0. The summed E-state index contributed by atoms with van der Waals surface area (Å²) in [6.45, 7) is 6.66. The standard InChI is InChI=1S/C11H16Cl2N4O/c1-11(2,3)16-5-4-7(18)17-8-9(12)14-6-15-10(8)13/h6,16H,4-5H2,1-3H3,(H,17,18). The lowest BCUT2D eigenvalue weighted by Gasteiger charge is -2.20. The van der Waals surface area contributed by atoms with Crippen molar-refractivity contribution >= 4 is 34.8 Å². The quantitative estimate of drug-likeness (QED) is 0.836. The van der Waals surface area contributed by atoms with Gasteiger partial charge in [0.15, 0.2) is 10.3 Å². The largest absolute Gasteiger partial charge is 0.321 e. The van der Waals surface area contributed by atoms with Crippen LogP contribution in [0, 0.1) is 0 Å². The van der Waals surface area contributed by atoms with E-state index in [2.05, 4.69) is 20.6 Å². The molecule has 0 unspecified atom stereocenters. The van der Waals surface area contributed by atoms with E-state index in [1.165, 1.54) is 6.33 Å². The van der Waals surface area contributed by atoms with E-state index >= 15 is 0 Å². The number of nitrogens with zero attached hydrogens (tertiary/aromatic N) is 2. The molecule has 0 radical (unpaired) electrons. The lowest BCUT2D eigenvalue weighted by Crippen LogP contribution is -2.37. The summed E-state index contributed by atoms with van der Waals surface area (Å²) in [6.07, 6.45) is 1.56. The molecule has 1 aromatic heterocycles. The van der Waals surface area contributed by atoms with E-state index in [9.17, 15) is 4.79 Å². The Labute approximate surface area is 116 Å².